The number of nitrogens with one attached hydrogen (secondary N) is 2. The molecule has 6 heteroatoms. The van der Waals surface area contributed by atoms with Gasteiger partial charge in [-0.25, -0.2) is 0 Å². The summed E-state index contributed by atoms with van der Waals surface area (Å²) in [7, 11) is 0. The van der Waals surface area contributed by atoms with Crippen LogP contribution in [0.25, 0.3) is 0 Å². The van der Waals surface area contributed by atoms with Crippen molar-refractivity contribution < 1.29 is 4.79 Å². The second-order valence-electron chi connectivity index (χ2n) is 4.86. The number of hydrogen-bond donors (Lipinski definition) is 2. The molecule has 0 bridgehead atoms. The van der Waals surface area contributed by atoms with Crippen LogP contribution in [0.15, 0.2) is 30.5 Å². The fourth-order valence-electron chi connectivity index (χ4n) is 2.50. The lowest BCUT2D eigenvalue weighted by Gasteiger charge is -2.21. The van der Waals surface area contributed by atoms with E-state index < -0.39 is 0 Å². The normalized spacial score (nSPS) is 14.5. The molecule has 1 fully saturated rings. The van der Waals surface area contributed by atoms with Crippen molar-refractivity contribution in [2.75, 3.05) is 18.0 Å². The van der Waals surface area contributed by atoms with Crippen LogP contribution in [0.1, 0.15) is 28.9 Å². The molecule has 1 amide bonds. The largest absolute Gasteiger partial charge is 0.371 e. The molecule has 0 aliphatic carbocycles. The fourth-order valence-corrected chi connectivity index (χ4v) is 2.50. The van der Waals surface area contributed by atoms with Crippen molar-refractivity contribution in [3.63, 3.8) is 0 Å². The highest BCUT2D eigenvalue weighted by atomic mass is 16.1. The molecule has 0 saturated carbocycles. The minimum absolute atomic E-state index is 0.213. The maximum absolute atomic E-state index is 11.9. The zero-order valence-electron chi connectivity index (χ0n) is 11.2. The summed E-state index contributed by atoms with van der Waals surface area (Å²) in [5.74, 6) is -0.213. The Labute approximate surface area is 117 Å². The van der Waals surface area contributed by atoms with Gasteiger partial charge in [-0.15, -0.1) is 0 Å². The van der Waals surface area contributed by atoms with Crippen LogP contribution in [0, 0.1) is 0 Å². The molecule has 6 nitrogen and oxygen atoms in total. The summed E-state index contributed by atoms with van der Waals surface area (Å²) in [5, 5.41) is 12.7. The van der Waals surface area contributed by atoms with Gasteiger partial charge < -0.3 is 10.2 Å². The molecule has 1 aromatic heterocycles. The average molecular weight is 271 g/mol. The Balaban J connectivity index is 1.69. The Kier molecular flexibility index (Phi) is 3.62. The fraction of sp³-hybridized carbons (Fsp3) is 0.357. The third-order valence-corrected chi connectivity index (χ3v) is 3.53. The van der Waals surface area contributed by atoms with E-state index in [4.69, 9.17) is 0 Å². The van der Waals surface area contributed by atoms with E-state index in [0.29, 0.717) is 12.2 Å². The van der Waals surface area contributed by atoms with Gasteiger partial charge in [0.05, 0.1) is 6.20 Å². The first-order valence-corrected chi connectivity index (χ1v) is 6.81. The van der Waals surface area contributed by atoms with Crippen molar-refractivity contribution in [3.8, 4) is 0 Å². The minimum atomic E-state index is -0.213. The van der Waals surface area contributed by atoms with Crippen molar-refractivity contribution in [2.24, 2.45) is 0 Å². The number of H-pyrrole nitrogens is 1. The van der Waals surface area contributed by atoms with Crippen LogP contribution in [0.5, 0.6) is 0 Å². The van der Waals surface area contributed by atoms with Gasteiger partial charge in [0.1, 0.15) is 0 Å². The van der Waals surface area contributed by atoms with Crippen LogP contribution < -0.4 is 10.2 Å². The van der Waals surface area contributed by atoms with Crippen LogP contribution in [-0.4, -0.2) is 34.4 Å². The van der Waals surface area contributed by atoms with Gasteiger partial charge in [-0.1, -0.05) is 18.2 Å². The SMILES string of the molecule is O=C(NCc1ccccc1N1CCCC1)c1cn[nH]n1. The van der Waals surface area contributed by atoms with Crippen molar-refractivity contribution in [2.45, 2.75) is 19.4 Å². The lowest BCUT2D eigenvalue weighted by atomic mass is 10.1. The Morgan fingerprint density at radius 3 is 2.85 bits per heavy atom. The molecule has 0 atom stereocenters. The van der Waals surface area contributed by atoms with Gasteiger partial charge >= 0.3 is 0 Å². The number of aromatic amines is 1. The topological polar surface area (TPSA) is 73.9 Å². The van der Waals surface area contributed by atoms with E-state index >= 15 is 0 Å². The van der Waals surface area contributed by atoms with Gasteiger partial charge in [0.2, 0.25) is 0 Å². The van der Waals surface area contributed by atoms with Crippen LogP contribution >= 0.6 is 0 Å². The van der Waals surface area contributed by atoms with E-state index in [2.05, 4.69) is 37.8 Å². The Morgan fingerprint density at radius 1 is 1.30 bits per heavy atom. The molecule has 1 aliphatic heterocycles. The van der Waals surface area contributed by atoms with Crippen molar-refractivity contribution in [1.29, 1.82) is 0 Å². The standard InChI is InChI=1S/C14H17N5O/c20-14(12-10-16-18-17-12)15-9-11-5-1-2-6-13(11)19-7-3-4-8-19/h1-2,5-6,10H,3-4,7-9H2,(H,15,20)(H,16,17,18). The van der Waals surface area contributed by atoms with E-state index in [1.165, 1.54) is 24.7 Å². The number of nitrogens with zero attached hydrogens (tertiary/aromatic N) is 3. The summed E-state index contributed by atoms with van der Waals surface area (Å²) < 4.78 is 0. The lowest BCUT2D eigenvalue weighted by Crippen LogP contribution is -2.25. The lowest BCUT2D eigenvalue weighted by molar-refractivity contribution is 0.0946. The minimum Gasteiger partial charge on any atom is -0.371 e. The van der Waals surface area contributed by atoms with Gasteiger partial charge in [-0.3, -0.25) is 4.79 Å². The molecule has 0 unspecified atom stereocenters. The first kappa shape index (κ1) is 12.7. The first-order chi connectivity index (χ1) is 9.84. The van der Waals surface area contributed by atoms with Crippen LogP contribution in [-0.2, 0) is 6.54 Å². The number of carbonyl (C=O) groups excluding carboxylic acids is 1. The summed E-state index contributed by atoms with van der Waals surface area (Å²) >= 11 is 0. The Bertz CT molecular complexity index is 575. The van der Waals surface area contributed by atoms with Gasteiger partial charge in [-0.05, 0) is 24.5 Å². The van der Waals surface area contributed by atoms with Crippen molar-refractivity contribution >= 4 is 11.6 Å². The second-order valence-corrected chi connectivity index (χ2v) is 4.86. The molecular weight excluding hydrogens is 254 g/mol. The maximum atomic E-state index is 11.9. The highest BCUT2D eigenvalue weighted by Crippen LogP contribution is 2.24. The van der Waals surface area contributed by atoms with Crippen molar-refractivity contribution in [3.05, 3.63) is 41.7 Å². The number of para-hydroxylation sites is 1. The molecule has 3 rings (SSSR count). The predicted octanol–water partition coefficient (Wildman–Crippen LogP) is 1.33. The Hall–Kier alpha value is -2.37. The number of aromatic nitrogens is 3. The van der Waals surface area contributed by atoms with Crippen LogP contribution in [0.4, 0.5) is 5.69 Å². The molecule has 0 radical (unpaired) electrons. The number of amides is 1. The first-order valence-electron chi connectivity index (χ1n) is 6.81. The number of anilines is 1. The van der Waals surface area contributed by atoms with E-state index in [9.17, 15) is 4.79 Å². The van der Waals surface area contributed by atoms with E-state index in [-0.39, 0.29) is 5.91 Å². The third-order valence-electron chi connectivity index (χ3n) is 3.53. The molecule has 104 valence electrons. The Morgan fingerprint density at radius 2 is 2.10 bits per heavy atom. The quantitative estimate of drug-likeness (QED) is 0.880. The number of hydrogen-bond acceptors (Lipinski definition) is 4. The van der Waals surface area contributed by atoms with Gasteiger partial charge in [0, 0.05) is 25.3 Å². The number of rotatable bonds is 4. The van der Waals surface area contributed by atoms with E-state index in [1.807, 2.05) is 12.1 Å². The molecule has 2 aromatic rings. The molecule has 0 spiro atoms. The smallest absolute Gasteiger partial charge is 0.273 e. The summed E-state index contributed by atoms with van der Waals surface area (Å²) in [6.07, 6.45) is 3.89. The molecular formula is C14H17N5O. The zero-order chi connectivity index (χ0) is 13.8. The molecule has 1 aliphatic rings. The summed E-state index contributed by atoms with van der Waals surface area (Å²) in [6, 6.07) is 8.20. The molecule has 1 aromatic carbocycles. The monoisotopic (exact) mass is 271 g/mol. The van der Waals surface area contributed by atoms with E-state index in [1.54, 1.807) is 0 Å². The third kappa shape index (κ3) is 2.64. The summed E-state index contributed by atoms with van der Waals surface area (Å²) in [4.78, 5) is 14.2. The predicted molar refractivity (Wildman–Crippen MR) is 75.4 cm³/mol. The van der Waals surface area contributed by atoms with Gasteiger partial charge in [-0.2, -0.15) is 15.4 Å². The zero-order valence-corrected chi connectivity index (χ0v) is 11.2. The van der Waals surface area contributed by atoms with Crippen LogP contribution in [0.3, 0.4) is 0 Å². The van der Waals surface area contributed by atoms with Gasteiger partial charge in [0.25, 0.3) is 5.91 Å². The van der Waals surface area contributed by atoms with Crippen LogP contribution in [0.2, 0.25) is 0 Å². The van der Waals surface area contributed by atoms with Gasteiger partial charge in [0.15, 0.2) is 5.69 Å². The molecule has 2 N–H and O–H groups in total. The molecule has 1 saturated heterocycles. The molecule has 20 heavy (non-hydrogen) atoms. The van der Waals surface area contributed by atoms with E-state index in [0.717, 1.165) is 18.7 Å². The summed E-state index contributed by atoms with van der Waals surface area (Å²) in [5.41, 5.74) is 2.65. The average Bonchev–Trinajstić information content (AvgIpc) is 3.17. The van der Waals surface area contributed by atoms with Crippen molar-refractivity contribution in [1.82, 2.24) is 20.7 Å². The number of carbonyl (C=O) groups is 1. The summed E-state index contributed by atoms with van der Waals surface area (Å²) in [6.45, 7) is 2.68. The number of benzene rings is 1. The highest BCUT2D eigenvalue weighted by Gasteiger charge is 2.16. The highest BCUT2D eigenvalue weighted by molar-refractivity contribution is 5.91. The second kappa shape index (κ2) is 5.73. The maximum Gasteiger partial charge on any atom is 0.273 e. The molecule has 2 heterocycles.